The SMILES string of the molecule is CC1(C)c2ccc(Cl)cc2-c2cc(OBO)ccc21. The van der Waals surface area contributed by atoms with E-state index in [0.717, 1.165) is 16.1 Å². The molecule has 0 spiro atoms. The molecule has 0 amide bonds. The van der Waals surface area contributed by atoms with Crippen LogP contribution in [0.15, 0.2) is 36.4 Å². The van der Waals surface area contributed by atoms with Crippen LogP contribution in [0.2, 0.25) is 5.02 Å². The highest BCUT2D eigenvalue weighted by Crippen LogP contribution is 2.50. The Hall–Kier alpha value is -1.45. The maximum Gasteiger partial charge on any atom is 0.504 e. The van der Waals surface area contributed by atoms with Crippen molar-refractivity contribution in [1.29, 1.82) is 0 Å². The molecule has 0 fully saturated rings. The van der Waals surface area contributed by atoms with Gasteiger partial charge in [0.1, 0.15) is 5.75 Å². The maximum absolute atomic E-state index is 8.87. The topological polar surface area (TPSA) is 29.5 Å². The molecule has 0 saturated heterocycles. The highest BCUT2D eigenvalue weighted by atomic mass is 35.5. The average Bonchev–Trinajstić information content (AvgIpc) is 2.58. The predicted octanol–water partition coefficient (Wildman–Crippen LogP) is 3.28. The fraction of sp³-hybridized carbons (Fsp3) is 0.200. The fourth-order valence-corrected chi connectivity index (χ4v) is 3.06. The van der Waals surface area contributed by atoms with E-state index in [1.165, 1.54) is 11.1 Å². The van der Waals surface area contributed by atoms with Crippen LogP contribution in [0.25, 0.3) is 11.1 Å². The molecule has 96 valence electrons. The Balaban J connectivity index is 2.25. The van der Waals surface area contributed by atoms with Crippen molar-refractivity contribution in [3.8, 4) is 16.9 Å². The van der Waals surface area contributed by atoms with E-state index in [0.29, 0.717) is 5.75 Å². The molecule has 2 aromatic carbocycles. The third-order valence-corrected chi connectivity index (χ3v) is 4.08. The van der Waals surface area contributed by atoms with Gasteiger partial charge in [-0.15, -0.1) is 0 Å². The summed E-state index contributed by atoms with van der Waals surface area (Å²) in [5, 5.41) is 9.60. The molecular weight excluding hydrogens is 258 g/mol. The van der Waals surface area contributed by atoms with Crippen molar-refractivity contribution < 1.29 is 9.68 Å². The zero-order valence-corrected chi connectivity index (χ0v) is 11.7. The molecule has 3 rings (SSSR count). The Morgan fingerprint density at radius 2 is 1.68 bits per heavy atom. The molecule has 2 nitrogen and oxygen atoms in total. The molecular formula is C15H14BClO2. The average molecular weight is 273 g/mol. The van der Waals surface area contributed by atoms with Crippen molar-refractivity contribution >= 4 is 19.3 Å². The fourth-order valence-electron chi connectivity index (χ4n) is 2.88. The molecule has 0 unspecified atom stereocenters. The van der Waals surface area contributed by atoms with E-state index in [4.69, 9.17) is 21.3 Å². The second-order valence-electron chi connectivity index (χ2n) is 5.30. The Morgan fingerprint density at radius 3 is 2.37 bits per heavy atom. The molecule has 2 aromatic rings. The molecule has 4 heteroatoms. The number of halogens is 1. The Bertz CT molecular complexity index is 653. The monoisotopic (exact) mass is 272 g/mol. The van der Waals surface area contributed by atoms with Crippen LogP contribution in [0, 0.1) is 0 Å². The first-order valence-electron chi connectivity index (χ1n) is 6.22. The number of hydrogen-bond donors (Lipinski definition) is 1. The van der Waals surface area contributed by atoms with E-state index >= 15 is 0 Å². The van der Waals surface area contributed by atoms with Gasteiger partial charge in [0, 0.05) is 10.4 Å². The van der Waals surface area contributed by atoms with Crippen molar-refractivity contribution in [2.24, 2.45) is 0 Å². The summed E-state index contributed by atoms with van der Waals surface area (Å²) in [6.45, 7) is 4.41. The summed E-state index contributed by atoms with van der Waals surface area (Å²) in [6.07, 6.45) is 0. The molecule has 1 N–H and O–H groups in total. The van der Waals surface area contributed by atoms with Crippen LogP contribution in [-0.4, -0.2) is 12.7 Å². The van der Waals surface area contributed by atoms with Crippen LogP contribution < -0.4 is 4.65 Å². The molecule has 0 aliphatic heterocycles. The third kappa shape index (κ3) is 1.85. The standard InChI is InChI=1S/C15H14BClO2/c1-15(2)13-5-3-9(17)7-11(13)12-8-10(19-16-18)4-6-14(12)15/h3-8,16,18H,1-2H3. The normalized spacial score (nSPS) is 14.7. The molecule has 19 heavy (non-hydrogen) atoms. The second-order valence-corrected chi connectivity index (χ2v) is 5.73. The van der Waals surface area contributed by atoms with Crippen LogP contribution in [0.1, 0.15) is 25.0 Å². The summed E-state index contributed by atoms with van der Waals surface area (Å²) in [5.74, 6) is 0.671. The minimum atomic E-state index is -0.315. The van der Waals surface area contributed by atoms with Gasteiger partial charge >= 0.3 is 7.69 Å². The molecule has 0 saturated carbocycles. The molecule has 0 aromatic heterocycles. The van der Waals surface area contributed by atoms with Crippen molar-refractivity contribution in [3.63, 3.8) is 0 Å². The molecule has 0 heterocycles. The van der Waals surface area contributed by atoms with Crippen molar-refractivity contribution in [1.82, 2.24) is 0 Å². The summed E-state index contributed by atoms with van der Waals surface area (Å²) < 4.78 is 5.17. The predicted molar refractivity (Wildman–Crippen MR) is 79.0 cm³/mol. The molecule has 0 atom stereocenters. The van der Waals surface area contributed by atoms with Crippen molar-refractivity contribution in [2.75, 3.05) is 0 Å². The number of benzene rings is 2. The highest BCUT2D eigenvalue weighted by molar-refractivity contribution is 6.31. The van der Waals surface area contributed by atoms with Gasteiger partial charge in [-0.1, -0.05) is 37.6 Å². The first-order chi connectivity index (χ1) is 9.04. The molecule has 1 aliphatic rings. The van der Waals surface area contributed by atoms with Crippen LogP contribution in [0.4, 0.5) is 0 Å². The largest absolute Gasteiger partial charge is 0.539 e. The van der Waals surface area contributed by atoms with E-state index in [1.54, 1.807) is 0 Å². The summed E-state index contributed by atoms with van der Waals surface area (Å²) in [5.41, 5.74) is 4.78. The van der Waals surface area contributed by atoms with Gasteiger partial charge in [0.15, 0.2) is 0 Å². The lowest BCUT2D eigenvalue weighted by Crippen LogP contribution is -2.14. The summed E-state index contributed by atoms with van der Waals surface area (Å²) in [4.78, 5) is 0. The van der Waals surface area contributed by atoms with Gasteiger partial charge in [-0.3, -0.25) is 0 Å². The third-order valence-electron chi connectivity index (χ3n) is 3.84. The van der Waals surface area contributed by atoms with E-state index < -0.39 is 0 Å². The van der Waals surface area contributed by atoms with Gasteiger partial charge in [0.2, 0.25) is 0 Å². The van der Waals surface area contributed by atoms with E-state index in [2.05, 4.69) is 26.0 Å². The van der Waals surface area contributed by atoms with Crippen LogP contribution in [0.3, 0.4) is 0 Å². The maximum atomic E-state index is 8.87. The van der Waals surface area contributed by atoms with Crippen LogP contribution in [0.5, 0.6) is 5.75 Å². The van der Waals surface area contributed by atoms with Gasteiger partial charge in [-0.25, -0.2) is 0 Å². The van der Waals surface area contributed by atoms with E-state index in [9.17, 15) is 0 Å². The number of fused-ring (bicyclic) bond motifs is 3. The van der Waals surface area contributed by atoms with Crippen LogP contribution in [-0.2, 0) is 5.41 Å². The lowest BCUT2D eigenvalue weighted by atomic mass is 9.82. The lowest BCUT2D eigenvalue weighted by Gasteiger charge is -2.21. The first-order valence-corrected chi connectivity index (χ1v) is 6.60. The number of hydrogen-bond acceptors (Lipinski definition) is 2. The van der Waals surface area contributed by atoms with E-state index in [-0.39, 0.29) is 13.1 Å². The summed E-state index contributed by atoms with van der Waals surface area (Å²) >= 11 is 6.11. The second kappa shape index (κ2) is 4.29. The van der Waals surface area contributed by atoms with Gasteiger partial charge in [-0.2, -0.15) is 0 Å². The van der Waals surface area contributed by atoms with Gasteiger partial charge in [-0.05, 0) is 46.5 Å². The van der Waals surface area contributed by atoms with E-state index in [1.807, 2.05) is 24.3 Å². The quantitative estimate of drug-likeness (QED) is 0.850. The highest BCUT2D eigenvalue weighted by Gasteiger charge is 2.35. The smallest absolute Gasteiger partial charge is 0.504 e. The van der Waals surface area contributed by atoms with Crippen LogP contribution >= 0.6 is 11.6 Å². The minimum absolute atomic E-state index is 0.0347. The molecule has 0 radical (unpaired) electrons. The van der Waals surface area contributed by atoms with Gasteiger partial charge < -0.3 is 9.68 Å². The molecule has 1 aliphatic carbocycles. The summed E-state index contributed by atoms with van der Waals surface area (Å²) in [7, 11) is -0.315. The zero-order chi connectivity index (χ0) is 13.6. The Labute approximate surface area is 118 Å². The van der Waals surface area contributed by atoms with Gasteiger partial charge in [0.05, 0.1) is 0 Å². The van der Waals surface area contributed by atoms with Crippen molar-refractivity contribution in [2.45, 2.75) is 19.3 Å². The molecule has 0 bridgehead atoms. The Kier molecular flexibility index (Phi) is 2.84. The van der Waals surface area contributed by atoms with Crippen molar-refractivity contribution in [3.05, 3.63) is 52.5 Å². The first kappa shape index (κ1) is 12.6. The summed E-state index contributed by atoms with van der Waals surface area (Å²) in [6, 6.07) is 11.9. The Morgan fingerprint density at radius 1 is 1.05 bits per heavy atom. The zero-order valence-electron chi connectivity index (χ0n) is 10.9. The lowest BCUT2D eigenvalue weighted by molar-refractivity contribution is 0.454. The minimum Gasteiger partial charge on any atom is -0.539 e. The van der Waals surface area contributed by atoms with Gasteiger partial charge in [0.25, 0.3) is 0 Å². The number of rotatable bonds is 2.